The molecule has 146 valence electrons. The lowest BCUT2D eigenvalue weighted by Crippen LogP contribution is -2.29. The molecule has 0 unspecified atom stereocenters. The standard InChI is InChI=1S/C25H29NO2/c1-5-6-7-9-17-15-21-23(24(27)22(17)20-10-8-13-26-20)18-14-16(2)11-12-19(18)25(3,4)28-21/h8,10-15,26-27H,5-7,9H2,1-4H3. The molecule has 2 aromatic carbocycles. The van der Waals surface area contributed by atoms with E-state index in [2.05, 4.69) is 56.9 Å². The summed E-state index contributed by atoms with van der Waals surface area (Å²) in [6.07, 6.45) is 6.28. The lowest BCUT2D eigenvalue weighted by Gasteiger charge is -2.36. The second-order valence-corrected chi connectivity index (χ2v) is 8.33. The van der Waals surface area contributed by atoms with Gasteiger partial charge < -0.3 is 14.8 Å². The molecule has 3 nitrogen and oxygen atoms in total. The van der Waals surface area contributed by atoms with Crippen LogP contribution in [-0.2, 0) is 12.0 Å². The summed E-state index contributed by atoms with van der Waals surface area (Å²) in [5, 5.41) is 11.5. The van der Waals surface area contributed by atoms with E-state index in [1.807, 2.05) is 18.3 Å². The highest BCUT2D eigenvalue weighted by atomic mass is 16.5. The normalized spacial score (nSPS) is 14.3. The number of H-pyrrole nitrogens is 1. The molecule has 1 aliphatic heterocycles. The summed E-state index contributed by atoms with van der Waals surface area (Å²) in [6.45, 7) is 8.49. The van der Waals surface area contributed by atoms with Gasteiger partial charge in [0.1, 0.15) is 17.1 Å². The Kier molecular flexibility index (Phi) is 4.70. The molecule has 0 amide bonds. The molecule has 0 fully saturated rings. The van der Waals surface area contributed by atoms with Gasteiger partial charge in [0.05, 0.1) is 5.56 Å². The maximum Gasteiger partial charge on any atom is 0.136 e. The van der Waals surface area contributed by atoms with E-state index in [1.54, 1.807) is 0 Å². The summed E-state index contributed by atoms with van der Waals surface area (Å²) < 4.78 is 6.42. The minimum absolute atomic E-state index is 0.314. The minimum Gasteiger partial charge on any atom is -0.506 e. The number of nitrogens with one attached hydrogen (secondary N) is 1. The summed E-state index contributed by atoms with van der Waals surface area (Å²) in [4.78, 5) is 3.28. The van der Waals surface area contributed by atoms with Gasteiger partial charge in [0.15, 0.2) is 0 Å². The van der Waals surface area contributed by atoms with Crippen molar-refractivity contribution in [3.8, 4) is 33.9 Å². The number of fused-ring (bicyclic) bond motifs is 3. The molecule has 3 aromatic rings. The van der Waals surface area contributed by atoms with Crippen LogP contribution in [0.2, 0.25) is 0 Å². The van der Waals surface area contributed by atoms with Crippen molar-refractivity contribution >= 4 is 0 Å². The van der Waals surface area contributed by atoms with E-state index < -0.39 is 5.60 Å². The van der Waals surface area contributed by atoms with Gasteiger partial charge >= 0.3 is 0 Å². The van der Waals surface area contributed by atoms with E-state index in [0.29, 0.717) is 5.75 Å². The van der Waals surface area contributed by atoms with Gasteiger partial charge in [-0.15, -0.1) is 0 Å². The predicted octanol–water partition coefficient (Wildman–Crippen LogP) is 6.72. The van der Waals surface area contributed by atoms with E-state index >= 15 is 0 Å². The van der Waals surface area contributed by atoms with E-state index in [0.717, 1.165) is 52.1 Å². The van der Waals surface area contributed by atoms with Crippen LogP contribution < -0.4 is 4.74 Å². The number of aryl methyl sites for hydroxylation is 2. The Hall–Kier alpha value is -2.68. The third kappa shape index (κ3) is 3.09. The van der Waals surface area contributed by atoms with Crippen LogP contribution in [0.25, 0.3) is 22.4 Å². The van der Waals surface area contributed by atoms with Gasteiger partial charge in [-0.2, -0.15) is 0 Å². The summed E-state index contributed by atoms with van der Waals surface area (Å²) in [7, 11) is 0. The zero-order valence-electron chi connectivity index (χ0n) is 17.2. The Morgan fingerprint density at radius 1 is 1.07 bits per heavy atom. The average Bonchev–Trinajstić information content (AvgIpc) is 3.15. The number of phenols is 1. The smallest absolute Gasteiger partial charge is 0.136 e. The summed E-state index contributed by atoms with van der Waals surface area (Å²) >= 11 is 0. The number of rotatable bonds is 5. The molecule has 0 radical (unpaired) electrons. The zero-order valence-corrected chi connectivity index (χ0v) is 17.2. The molecule has 0 atom stereocenters. The first-order chi connectivity index (χ1) is 13.4. The third-order valence-electron chi connectivity index (χ3n) is 5.72. The van der Waals surface area contributed by atoms with Gasteiger partial charge in [0.2, 0.25) is 0 Å². The Labute approximate surface area is 167 Å². The quantitative estimate of drug-likeness (QED) is 0.486. The van der Waals surface area contributed by atoms with Crippen molar-refractivity contribution in [2.24, 2.45) is 0 Å². The van der Waals surface area contributed by atoms with E-state index in [4.69, 9.17) is 4.74 Å². The van der Waals surface area contributed by atoms with Gasteiger partial charge in [-0.05, 0) is 62.9 Å². The van der Waals surface area contributed by atoms with E-state index in [1.165, 1.54) is 18.4 Å². The average molecular weight is 376 g/mol. The predicted molar refractivity (Wildman–Crippen MR) is 115 cm³/mol. The molecule has 0 spiro atoms. The minimum atomic E-state index is -0.433. The van der Waals surface area contributed by atoms with Gasteiger partial charge in [-0.25, -0.2) is 0 Å². The first-order valence-corrected chi connectivity index (χ1v) is 10.3. The summed E-state index contributed by atoms with van der Waals surface area (Å²) in [5.41, 5.74) is 6.71. The monoisotopic (exact) mass is 375 g/mol. The number of unbranched alkanes of at least 4 members (excludes halogenated alkanes) is 2. The number of hydrogen-bond acceptors (Lipinski definition) is 2. The number of phenolic OH excluding ortho intramolecular Hbond substituents is 1. The second-order valence-electron chi connectivity index (χ2n) is 8.33. The Balaban J connectivity index is 1.96. The number of aromatic amines is 1. The lowest BCUT2D eigenvalue weighted by molar-refractivity contribution is 0.105. The third-order valence-corrected chi connectivity index (χ3v) is 5.72. The SMILES string of the molecule is CCCCCc1cc2c(c(O)c1-c1ccc[nH]1)-c1cc(C)ccc1C(C)(C)O2. The molecule has 0 aliphatic carbocycles. The number of ether oxygens (including phenoxy) is 1. The van der Waals surface area contributed by atoms with Crippen molar-refractivity contribution in [1.82, 2.24) is 4.98 Å². The van der Waals surface area contributed by atoms with Crippen molar-refractivity contribution in [2.45, 2.75) is 59.0 Å². The van der Waals surface area contributed by atoms with Crippen molar-refractivity contribution in [1.29, 1.82) is 0 Å². The van der Waals surface area contributed by atoms with Crippen LogP contribution >= 0.6 is 0 Å². The largest absolute Gasteiger partial charge is 0.506 e. The van der Waals surface area contributed by atoms with E-state index in [9.17, 15) is 5.11 Å². The van der Waals surface area contributed by atoms with Crippen LogP contribution in [0, 0.1) is 6.92 Å². The van der Waals surface area contributed by atoms with Gasteiger partial charge in [0, 0.05) is 23.0 Å². The maximum atomic E-state index is 11.5. The first-order valence-electron chi connectivity index (χ1n) is 10.3. The van der Waals surface area contributed by atoms with Crippen LogP contribution in [-0.4, -0.2) is 10.1 Å². The van der Waals surface area contributed by atoms with Crippen LogP contribution in [0.3, 0.4) is 0 Å². The van der Waals surface area contributed by atoms with Gasteiger partial charge in [-0.3, -0.25) is 0 Å². The highest BCUT2D eigenvalue weighted by Gasteiger charge is 2.35. The lowest BCUT2D eigenvalue weighted by atomic mass is 9.82. The molecule has 3 heteroatoms. The highest BCUT2D eigenvalue weighted by molar-refractivity contribution is 5.90. The maximum absolute atomic E-state index is 11.5. The highest BCUT2D eigenvalue weighted by Crippen LogP contribution is 2.53. The van der Waals surface area contributed by atoms with Crippen molar-refractivity contribution in [3.05, 3.63) is 59.3 Å². The second kappa shape index (κ2) is 7.05. The fraction of sp³-hybridized carbons (Fsp3) is 0.360. The fourth-order valence-electron chi connectivity index (χ4n) is 4.31. The van der Waals surface area contributed by atoms with Crippen LogP contribution in [0.15, 0.2) is 42.6 Å². The molecule has 4 rings (SSSR count). The summed E-state index contributed by atoms with van der Waals surface area (Å²) in [6, 6.07) is 12.5. The molecule has 0 bridgehead atoms. The summed E-state index contributed by atoms with van der Waals surface area (Å²) in [5.74, 6) is 1.09. The molecule has 0 saturated carbocycles. The number of benzene rings is 2. The zero-order chi connectivity index (χ0) is 19.9. The molecule has 2 heterocycles. The molecule has 2 N–H and O–H groups in total. The number of aromatic hydroxyl groups is 1. The fourth-order valence-corrected chi connectivity index (χ4v) is 4.31. The van der Waals surface area contributed by atoms with Gasteiger partial charge in [0.25, 0.3) is 0 Å². The first kappa shape index (κ1) is 18.7. The van der Waals surface area contributed by atoms with Crippen molar-refractivity contribution in [3.63, 3.8) is 0 Å². The molecule has 0 saturated heterocycles. The van der Waals surface area contributed by atoms with Crippen LogP contribution in [0.4, 0.5) is 0 Å². The number of aromatic nitrogens is 1. The van der Waals surface area contributed by atoms with E-state index in [-0.39, 0.29) is 0 Å². The van der Waals surface area contributed by atoms with Crippen LogP contribution in [0.5, 0.6) is 11.5 Å². The molecular formula is C25H29NO2. The van der Waals surface area contributed by atoms with Crippen molar-refractivity contribution < 1.29 is 9.84 Å². The van der Waals surface area contributed by atoms with Gasteiger partial charge in [-0.1, -0.05) is 43.5 Å². The topological polar surface area (TPSA) is 45.2 Å². The Morgan fingerprint density at radius 3 is 2.61 bits per heavy atom. The molecule has 28 heavy (non-hydrogen) atoms. The van der Waals surface area contributed by atoms with Crippen LogP contribution in [0.1, 0.15) is 56.7 Å². The molecule has 1 aromatic heterocycles. The number of hydrogen-bond donors (Lipinski definition) is 2. The molecule has 1 aliphatic rings. The molecular weight excluding hydrogens is 346 g/mol. The Morgan fingerprint density at radius 2 is 1.89 bits per heavy atom. The van der Waals surface area contributed by atoms with Crippen molar-refractivity contribution in [2.75, 3.05) is 0 Å². The Bertz CT molecular complexity index is 1000.